The highest BCUT2D eigenvalue weighted by Crippen LogP contribution is 2.28. The predicted octanol–water partition coefficient (Wildman–Crippen LogP) is 4.67. The normalized spacial score (nSPS) is 20.0. The zero-order valence-electron chi connectivity index (χ0n) is 16.5. The van der Waals surface area contributed by atoms with Gasteiger partial charge in [0.15, 0.2) is 0 Å². The number of likely N-dealkylation sites (tertiary alicyclic amines) is 2. The van der Waals surface area contributed by atoms with Crippen LogP contribution >= 0.6 is 0 Å². The number of amides is 1. The van der Waals surface area contributed by atoms with Crippen molar-refractivity contribution in [3.8, 4) is 11.1 Å². The number of hydrogen-bond acceptors (Lipinski definition) is 2. The number of aromatic nitrogens is 1. The summed E-state index contributed by atoms with van der Waals surface area (Å²) in [4.78, 5) is 20.6. The first kappa shape index (κ1) is 18.4. The molecular formula is C24H26FN3O. The molecule has 5 heteroatoms. The first-order chi connectivity index (χ1) is 14.2. The Morgan fingerprint density at radius 1 is 1.00 bits per heavy atom. The molecule has 2 aromatic carbocycles. The summed E-state index contributed by atoms with van der Waals surface area (Å²) in [6.45, 7) is 3.88. The molecule has 3 aromatic rings. The number of aromatic amines is 1. The molecule has 1 amide bonds. The van der Waals surface area contributed by atoms with Crippen LogP contribution in [0.15, 0.2) is 48.7 Å². The summed E-state index contributed by atoms with van der Waals surface area (Å²) >= 11 is 0. The van der Waals surface area contributed by atoms with Crippen LogP contribution in [0.2, 0.25) is 0 Å². The lowest BCUT2D eigenvalue weighted by Gasteiger charge is -2.28. The molecule has 0 radical (unpaired) electrons. The molecule has 0 unspecified atom stereocenters. The quantitative estimate of drug-likeness (QED) is 0.702. The molecule has 1 aromatic heterocycles. The Morgan fingerprint density at radius 2 is 1.79 bits per heavy atom. The van der Waals surface area contributed by atoms with E-state index in [4.69, 9.17) is 0 Å². The van der Waals surface area contributed by atoms with Crippen molar-refractivity contribution >= 4 is 16.8 Å². The van der Waals surface area contributed by atoms with Crippen molar-refractivity contribution in [2.24, 2.45) is 0 Å². The fourth-order valence-electron chi connectivity index (χ4n) is 4.81. The molecule has 0 saturated carbocycles. The van der Waals surface area contributed by atoms with Crippen LogP contribution in [0.1, 0.15) is 36.0 Å². The molecule has 0 bridgehead atoms. The Balaban J connectivity index is 1.37. The third kappa shape index (κ3) is 3.55. The summed E-state index contributed by atoms with van der Waals surface area (Å²) < 4.78 is 15.0. The molecule has 2 aliphatic rings. The van der Waals surface area contributed by atoms with E-state index in [1.807, 2.05) is 41.4 Å². The predicted molar refractivity (Wildman–Crippen MR) is 113 cm³/mol. The number of carbonyl (C=O) groups excluding carboxylic acids is 1. The molecule has 0 aliphatic carbocycles. The highest BCUT2D eigenvalue weighted by atomic mass is 19.1. The molecule has 1 atom stereocenters. The zero-order valence-corrected chi connectivity index (χ0v) is 16.5. The molecule has 29 heavy (non-hydrogen) atoms. The fourth-order valence-corrected chi connectivity index (χ4v) is 4.81. The number of nitrogens with one attached hydrogen (secondary N) is 1. The molecule has 150 valence electrons. The van der Waals surface area contributed by atoms with Crippen molar-refractivity contribution in [3.63, 3.8) is 0 Å². The van der Waals surface area contributed by atoms with E-state index in [-0.39, 0.29) is 17.5 Å². The lowest BCUT2D eigenvalue weighted by Crippen LogP contribution is -2.42. The number of rotatable bonds is 4. The Morgan fingerprint density at radius 3 is 2.62 bits per heavy atom. The second-order valence-electron chi connectivity index (χ2n) is 8.28. The number of carbonyl (C=O) groups is 1. The van der Waals surface area contributed by atoms with Gasteiger partial charge in [0.05, 0.1) is 5.56 Å². The summed E-state index contributed by atoms with van der Waals surface area (Å²) in [7, 11) is 0. The van der Waals surface area contributed by atoms with E-state index >= 15 is 0 Å². The Bertz CT molecular complexity index is 1040. The van der Waals surface area contributed by atoms with Gasteiger partial charge in [0.2, 0.25) is 0 Å². The van der Waals surface area contributed by atoms with Crippen LogP contribution < -0.4 is 0 Å². The number of halogens is 1. The van der Waals surface area contributed by atoms with Crippen LogP contribution in [0, 0.1) is 5.82 Å². The van der Waals surface area contributed by atoms with Gasteiger partial charge in [-0.25, -0.2) is 4.39 Å². The fraction of sp³-hybridized carbons (Fsp3) is 0.375. The van der Waals surface area contributed by atoms with Gasteiger partial charge in [-0.15, -0.1) is 0 Å². The van der Waals surface area contributed by atoms with Crippen LogP contribution in [0.5, 0.6) is 0 Å². The highest BCUT2D eigenvalue weighted by molar-refractivity contribution is 5.95. The molecule has 2 fully saturated rings. The molecular weight excluding hydrogens is 365 g/mol. The Hall–Kier alpha value is -2.66. The molecule has 4 nitrogen and oxygen atoms in total. The van der Waals surface area contributed by atoms with Crippen molar-refractivity contribution < 1.29 is 9.18 Å². The largest absolute Gasteiger partial charge is 0.361 e. The summed E-state index contributed by atoms with van der Waals surface area (Å²) in [5.41, 5.74) is 2.98. The van der Waals surface area contributed by atoms with Gasteiger partial charge in [-0.3, -0.25) is 4.79 Å². The van der Waals surface area contributed by atoms with Gasteiger partial charge in [0.25, 0.3) is 5.91 Å². The van der Waals surface area contributed by atoms with Crippen molar-refractivity contribution in [2.75, 3.05) is 26.2 Å². The molecule has 1 N–H and O–H groups in total. The lowest BCUT2D eigenvalue weighted by atomic mass is 10.0. The van der Waals surface area contributed by atoms with Gasteiger partial charge < -0.3 is 14.8 Å². The van der Waals surface area contributed by atoms with Gasteiger partial charge >= 0.3 is 0 Å². The third-order valence-electron chi connectivity index (χ3n) is 6.39. The van der Waals surface area contributed by atoms with E-state index in [1.54, 1.807) is 6.07 Å². The standard InChI is InChI=1S/C24H26FN3O/c25-22-15-18(17-6-8-23-19(14-17)9-10-26-23)5-7-21(22)24(29)28-13-3-4-20(28)16-27-11-1-2-12-27/h5-10,14-15,20,26H,1-4,11-13,16H2/t20-/m0/s1. The van der Waals surface area contributed by atoms with E-state index in [0.29, 0.717) is 0 Å². The van der Waals surface area contributed by atoms with Crippen molar-refractivity contribution in [1.82, 2.24) is 14.8 Å². The first-order valence-corrected chi connectivity index (χ1v) is 10.6. The number of nitrogens with zero attached hydrogens (tertiary/aromatic N) is 2. The van der Waals surface area contributed by atoms with Crippen LogP contribution in [0.4, 0.5) is 4.39 Å². The summed E-state index contributed by atoms with van der Waals surface area (Å²) in [5.74, 6) is -0.606. The molecule has 2 saturated heterocycles. The number of benzene rings is 2. The Labute approximate surface area is 170 Å². The number of H-pyrrole nitrogens is 1. The van der Waals surface area contributed by atoms with E-state index in [9.17, 15) is 9.18 Å². The maximum atomic E-state index is 15.0. The first-order valence-electron chi connectivity index (χ1n) is 10.6. The molecule has 5 rings (SSSR count). The van der Waals surface area contributed by atoms with E-state index in [1.165, 1.54) is 18.9 Å². The lowest BCUT2D eigenvalue weighted by molar-refractivity contribution is 0.0704. The smallest absolute Gasteiger partial charge is 0.257 e. The van der Waals surface area contributed by atoms with Crippen molar-refractivity contribution in [2.45, 2.75) is 31.7 Å². The third-order valence-corrected chi connectivity index (χ3v) is 6.39. The average Bonchev–Trinajstić information content (AvgIpc) is 3.49. The van der Waals surface area contributed by atoms with Gasteiger partial charge in [-0.1, -0.05) is 12.1 Å². The summed E-state index contributed by atoms with van der Waals surface area (Å²) in [5, 5.41) is 1.09. The van der Waals surface area contributed by atoms with Crippen LogP contribution in [0.3, 0.4) is 0 Å². The average molecular weight is 391 g/mol. The molecule has 2 aliphatic heterocycles. The monoisotopic (exact) mass is 391 g/mol. The number of hydrogen-bond donors (Lipinski definition) is 1. The second kappa shape index (κ2) is 7.64. The zero-order chi connectivity index (χ0) is 19.8. The highest BCUT2D eigenvalue weighted by Gasteiger charge is 2.32. The van der Waals surface area contributed by atoms with Gasteiger partial charge in [-0.05, 0) is 85.6 Å². The van der Waals surface area contributed by atoms with Crippen LogP contribution in [-0.4, -0.2) is 52.9 Å². The second-order valence-corrected chi connectivity index (χ2v) is 8.28. The summed E-state index contributed by atoms with van der Waals surface area (Å²) in [6.07, 6.45) is 6.39. The number of fused-ring (bicyclic) bond motifs is 1. The maximum absolute atomic E-state index is 15.0. The maximum Gasteiger partial charge on any atom is 0.257 e. The minimum Gasteiger partial charge on any atom is -0.361 e. The van der Waals surface area contributed by atoms with Gasteiger partial charge in [0, 0.05) is 30.8 Å². The van der Waals surface area contributed by atoms with Crippen LogP contribution in [-0.2, 0) is 0 Å². The van der Waals surface area contributed by atoms with Crippen LogP contribution in [0.25, 0.3) is 22.0 Å². The van der Waals surface area contributed by atoms with Crippen molar-refractivity contribution in [1.29, 1.82) is 0 Å². The van der Waals surface area contributed by atoms with E-state index in [0.717, 1.165) is 61.1 Å². The molecule has 0 spiro atoms. The minimum absolute atomic E-state index is 0.170. The van der Waals surface area contributed by atoms with E-state index in [2.05, 4.69) is 9.88 Å². The van der Waals surface area contributed by atoms with Gasteiger partial charge in [0.1, 0.15) is 5.82 Å². The Kier molecular flexibility index (Phi) is 4.84. The minimum atomic E-state index is -0.437. The SMILES string of the molecule is O=C(c1ccc(-c2ccc3[nH]ccc3c2)cc1F)N1CCC[C@H]1CN1CCCC1. The van der Waals surface area contributed by atoms with Gasteiger partial charge in [-0.2, -0.15) is 0 Å². The van der Waals surface area contributed by atoms with Crippen molar-refractivity contribution in [3.05, 3.63) is 60.0 Å². The summed E-state index contributed by atoms with van der Waals surface area (Å²) in [6, 6.07) is 13.2. The van der Waals surface area contributed by atoms with E-state index < -0.39 is 5.82 Å². The molecule has 3 heterocycles. The topological polar surface area (TPSA) is 39.3 Å².